The molecule has 0 saturated carbocycles. The molecule has 188 valence electrons. The van der Waals surface area contributed by atoms with Gasteiger partial charge < -0.3 is 19.9 Å². The van der Waals surface area contributed by atoms with Crippen LogP contribution >= 0.6 is 27.5 Å². The number of hydrogen-bond donors (Lipinski definition) is 1. The van der Waals surface area contributed by atoms with Crippen LogP contribution in [0.15, 0.2) is 47.2 Å². The molecule has 0 bridgehead atoms. The number of carbonyl (C=O) groups excluding carboxylic acids is 1. The number of carbonyl (C=O) groups is 1. The van der Waals surface area contributed by atoms with E-state index < -0.39 is 5.82 Å². The highest BCUT2D eigenvalue weighted by molar-refractivity contribution is 9.10. The third-order valence-electron chi connectivity index (χ3n) is 5.92. The summed E-state index contributed by atoms with van der Waals surface area (Å²) in [6.07, 6.45) is 2.94. The zero-order valence-electron chi connectivity index (χ0n) is 19.5. The zero-order chi connectivity index (χ0) is 26.1. The van der Waals surface area contributed by atoms with Gasteiger partial charge in [-0.2, -0.15) is 5.26 Å². The van der Waals surface area contributed by atoms with Crippen molar-refractivity contribution in [1.82, 2.24) is 24.9 Å². The number of benzene rings is 2. The maximum absolute atomic E-state index is 13.7. The van der Waals surface area contributed by atoms with Crippen LogP contribution < -0.4 is 10.2 Å². The summed E-state index contributed by atoms with van der Waals surface area (Å²) in [5.74, 6) is 0.0480. The number of nitrogens with zero attached hydrogens (tertiary/aromatic N) is 7. The van der Waals surface area contributed by atoms with Crippen molar-refractivity contribution in [2.75, 3.05) is 37.0 Å². The fourth-order valence-electron chi connectivity index (χ4n) is 3.91. The molecular formula is C24H19BrClFN8O2. The Morgan fingerprint density at radius 1 is 1.32 bits per heavy atom. The van der Waals surface area contributed by atoms with Crippen LogP contribution in [0.3, 0.4) is 0 Å². The summed E-state index contributed by atoms with van der Waals surface area (Å²) < 4.78 is 21.0. The van der Waals surface area contributed by atoms with Crippen molar-refractivity contribution in [3.8, 4) is 6.07 Å². The lowest BCUT2D eigenvalue weighted by Gasteiger charge is -2.19. The Morgan fingerprint density at radius 3 is 2.89 bits per heavy atom. The molecule has 37 heavy (non-hydrogen) atoms. The number of fused-ring (bicyclic) bond motifs is 1. The smallest absolute Gasteiger partial charge is 0.410 e. The number of nitriles is 1. The van der Waals surface area contributed by atoms with E-state index >= 15 is 0 Å². The van der Waals surface area contributed by atoms with Crippen LogP contribution in [0.2, 0.25) is 5.02 Å². The largest absolute Gasteiger partial charge is 0.448 e. The van der Waals surface area contributed by atoms with Gasteiger partial charge in [-0.05, 0) is 46.3 Å². The number of pyridine rings is 1. The van der Waals surface area contributed by atoms with E-state index in [0.29, 0.717) is 64.4 Å². The number of amides is 1. The topological polar surface area (TPSA) is 112 Å². The van der Waals surface area contributed by atoms with Gasteiger partial charge in [-0.15, -0.1) is 5.10 Å². The molecule has 3 heterocycles. The Balaban J connectivity index is 1.46. The SMILES string of the molecule is CN(c1cc(Br)c2ncc(C#N)c(Nc3ccc(F)c(Cl)c3)c2c1)c1cn(CCN2CCOC2=O)nn1. The van der Waals surface area contributed by atoms with Crippen LogP contribution in [-0.2, 0) is 11.3 Å². The number of aromatic nitrogens is 4. The van der Waals surface area contributed by atoms with E-state index in [1.54, 1.807) is 21.8 Å². The first-order chi connectivity index (χ1) is 17.8. The standard InChI is InChI=1S/C24H19BrClFN8O2/c1-33(21-13-35(32-31-21)5-4-34-6-7-37-24(34)36)16-9-17-22(30-15-2-3-20(27)19(26)8-15)14(11-28)12-29-23(17)18(25)10-16/h2-3,8-10,12-13H,4-7H2,1H3,(H,29,30). The van der Waals surface area contributed by atoms with Crippen molar-refractivity contribution >= 4 is 67.4 Å². The highest BCUT2D eigenvalue weighted by Gasteiger charge is 2.22. The fraction of sp³-hybridized carbons (Fsp3) is 0.208. The molecule has 1 saturated heterocycles. The number of nitrogens with one attached hydrogen (secondary N) is 1. The average Bonchev–Trinajstić information content (AvgIpc) is 3.53. The minimum absolute atomic E-state index is 0.0341. The lowest BCUT2D eigenvalue weighted by atomic mass is 10.1. The summed E-state index contributed by atoms with van der Waals surface area (Å²) in [4.78, 5) is 19.5. The highest BCUT2D eigenvalue weighted by Crippen LogP contribution is 2.37. The lowest BCUT2D eigenvalue weighted by molar-refractivity contribution is 0.157. The molecule has 2 aromatic carbocycles. The van der Waals surface area contributed by atoms with E-state index in [2.05, 4.69) is 42.6 Å². The molecule has 1 aliphatic rings. The van der Waals surface area contributed by atoms with Gasteiger partial charge in [0.2, 0.25) is 0 Å². The Morgan fingerprint density at radius 2 is 2.16 bits per heavy atom. The first-order valence-corrected chi connectivity index (χ1v) is 12.3. The third kappa shape index (κ3) is 5.00. The van der Waals surface area contributed by atoms with Gasteiger partial charge in [0.15, 0.2) is 5.82 Å². The van der Waals surface area contributed by atoms with Crippen LogP contribution in [0.25, 0.3) is 10.9 Å². The molecule has 0 aliphatic carbocycles. The monoisotopic (exact) mass is 584 g/mol. The van der Waals surface area contributed by atoms with E-state index in [4.69, 9.17) is 16.3 Å². The number of hydrogen-bond acceptors (Lipinski definition) is 8. The van der Waals surface area contributed by atoms with Crippen LogP contribution in [0.1, 0.15) is 5.56 Å². The van der Waals surface area contributed by atoms with E-state index in [1.165, 1.54) is 18.3 Å². The number of anilines is 4. The van der Waals surface area contributed by atoms with Gasteiger partial charge in [-0.3, -0.25) is 4.98 Å². The molecule has 0 spiro atoms. The van der Waals surface area contributed by atoms with Crippen LogP contribution in [0.5, 0.6) is 0 Å². The van der Waals surface area contributed by atoms with Crippen LogP contribution in [-0.4, -0.2) is 57.7 Å². The summed E-state index contributed by atoms with van der Waals surface area (Å²) >= 11 is 9.54. The highest BCUT2D eigenvalue weighted by atomic mass is 79.9. The maximum atomic E-state index is 13.7. The minimum Gasteiger partial charge on any atom is -0.448 e. The Kier molecular flexibility index (Phi) is 6.82. The molecule has 1 N–H and O–H groups in total. The second kappa shape index (κ2) is 10.2. The summed E-state index contributed by atoms with van der Waals surface area (Å²) in [6, 6.07) is 10.2. The predicted molar refractivity (Wildman–Crippen MR) is 140 cm³/mol. The quantitative estimate of drug-likeness (QED) is 0.314. The number of cyclic esters (lactones) is 1. The summed E-state index contributed by atoms with van der Waals surface area (Å²) in [7, 11) is 1.84. The predicted octanol–water partition coefficient (Wildman–Crippen LogP) is 5.22. The summed E-state index contributed by atoms with van der Waals surface area (Å²) in [5.41, 5.74) is 2.73. The van der Waals surface area contributed by atoms with Gasteiger partial charge >= 0.3 is 6.09 Å². The van der Waals surface area contributed by atoms with Gasteiger partial charge in [-0.1, -0.05) is 16.8 Å². The van der Waals surface area contributed by atoms with Gasteiger partial charge in [0, 0.05) is 41.0 Å². The molecule has 5 rings (SSSR count). The minimum atomic E-state index is -0.535. The first-order valence-electron chi connectivity index (χ1n) is 11.1. The molecule has 0 radical (unpaired) electrons. The van der Waals surface area contributed by atoms with E-state index in [0.717, 1.165) is 5.69 Å². The van der Waals surface area contributed by atoms with Gasteiger partial charge in [0.25, 0.3) is 0 Å². The molecule has 4 aromatic rings. The van der Waals surface area contributed by atoms with Crippen LogP contribution in [0, 0.1) is 17.1 Å². The Bertz CT molecular complexity index is 1560. The second-order valence-electron chi connectivity index (χ2n) is 8.24. The maximum Gasteiger partial charge on any atom is 0.410 e. The molecule has 1 aliphatic heterocycles. The Hall–Kier alpha value is -3.95. The normalized spacial score (nSPS) is 13.1. The molecule has 0 unspecified atom stereocenters. The second-order valence-corrected chi connectivity index (χ2v) is 9.50. The lowest BCUT2D eigenvalue weighted by Crippen LogP contribution is -2.28. The first kappa shape index (κ1) is 24.7. The van der Waals surface area contributed by atoms with Crippen molar-refractivity contribution in [3.05, 3.63) is 63.6 Å². The number of ether oxygens (including phenoxy) is 1. The molecular weight excluding hydrogens is 567 g/mol. The van der Waals surface area contributed by atoms with Crippen molar-refractivity contribution in [3.63, 3.8) is 0 Å². The van der Waals surface area contributed by atoms with Crippen molar-refractivity contribution < 1.29 is 13.9 Å². The molecule has 10 nitrogen and oxygen atoms in total. The van der Waals surface area contributed by atoms with E-state index in [-0.39, 0.29) is 11.1 Å². The van der Waals surface area contributed by atoms with Gasteiger partial charge in [-0.25, -0.2) is 13.9 Å². The van der Waals surface area contributed by atoms with Crippen molar-refractivity contribution in [2.24, 2.45) is 0 Å². The van der Waals surface area contributed by atoms with Crippen LogP contribution in [0.4, 0.5) is 32.1 Å². The van der Waals surface area contributed by atoms with Gasteiger partial charge in [0.05, 0.1) is 41.1 Å². The van der Waals surface area contributed by atoms with E-state index in [9.17, 15) is 14.4 Å². The molecule has 0 atom stereocenters. The summed E-state index contributed by atoms with van der Waals surface area (Å²) in [5, 5.41) is 22.0. The van der Waals surface area contributed by atoms with Crippen molar-refractivity contribution in [2.45, 2.75) is 6.54 Å². The molecule has 13 heteroatoms. The Labute approximate surface area is 224 Å². The summed E-state index contributed by atoms with van der Waals surface area (Å²) in [6.45, 7) is 1.90. The molecule has 2 aromatic heterocycles. The zero-order valence-corrected chi connectivity index (χ0v) is 21.8. The fourth-order valence-corrected chi connectivity index (χ4v) is 4.64. The average molecular weight is 586 g/mol. The van der Waals surface area contributed by atoms with E-state index in [1.807, 2.05) is 24.1 Å². The third-order valence-corrected chi connectivity index (χ3v) is 6.81. The number of rotatable bonds is 7. The van der Waals surface area contributed by atoms with Gasteiger partial charge in [0.1, 0.15) is 18.5 Å². The molecule has 1 fully saturated rings. The number of halogens is 3. The van der Waals surface area contributed by atoms with Crippen molar-refractivity contribution in [1.29, 1.82) is 5.26 Å². The molecule has 1 amide bonds.